The molecule has 0 saturated heterocycles. The third-order valence-corrected chi connectivity index (χ3v) is 5.86. The first-order valence-electron chi connectivity index (χ1n) is 11.7. The van der Waals surface area contributed by atoms with Crippen molar-refractivity contribution in [1.29, 1.82) is 0 Å². The summed E-state index contributed by atoms with van der Waals surface area (Å²) >= 11 is 4.00. The maximum Gasteiger partial charge on any atom is 0.326 e. The molecule has 202 valence electrons. The van der Waals surface area contributed by atoms with E-state index in [0.717, 1.165) is 0 Å². The molecule has 3 amide bonds. The molecule has 0 spiro atoms. The molecule has 5 atom stereocenters. The van der Waals surface area contributed by atoms with Crippen molar-refractivity contribution in [3.63, 3.8) is 0 Å². The summed E-state index contributed by atoms with van der Waals surface area (Å²) in [5, 5.41) is 17.3. The second-order valence-corrected chi connectivity index (χ2v) is 8.72. The predicted molar refractivity (Wildman–Crippen MR) is 138 cm³/mol. The monoisotopic (exact) mass is 518 g/mol. The van der Waals surface area contributed by atoms with E-state index in [2.05, 4.69) is 33.6 Å². The topological polar surface area (TPSA) is 241 Å². The van der Waals surface area contributed by atoms with Crippen molar-refractivity contribution in [2.75, 3.05) is 18.8 Å². The Morgan fingerprint density at radius 3 is 1.97 bits per heavy atom. The average molecular weight is 519 g/mol. The van der Waals surface area contributed by atoms with Gasteiger partial charge >= 0.3 is 5.97 Å². The number of amides is 3. The van der Waals surface area contributed by atoms with Crippen molar-refractivity contribution in [3.8, 4) is 0 Å². The van der Waals surface area contributed by atoms with Gasteiger partial charge in [0.25, 0.3) is 0 Å². The molecular formula is C21H42N8O5S. The Bertz CT molecular complexity index is 720. The minimum Gasteiger partial charge on any atom is -0.480 e. The summed E-state index contributed by atoms with van der Waals surface area (Å²) in [7, 11) is 0. The molecule has 0 aliphatic heterocycles. The number of thiol groups is 1. The van der Waals surface area contributed by atoms with Crippen LogP contribution in [0.25, 0.3) is 0 Å². The summed E-state index contributed by atoms with van der Waals surface area (Å²) in [4.78, 5) is 53.9. The van der Waals surface area contributed by atoms with Crippen LogP contribution < -0.4 is 38.9 Å². The zero-order chi connectivity index (χ0) is 27.0. The van der Waals surface area contributed by atoms with E-state index in [1.807, 2.05) is 6.92 Å². The normalized spacial score (nSPS) is 15.1. The van der Waals surface area contributed by atoms with Gasteiger partial charge in [-0.1, -0.05) is 20.3 Å². The number of nitrogens with two attached hydrogens (primary N) is 4. The molecule has 0 saturated carbocycles. The number of carboxylic acids is 1. The molecule has 0 radical (unpaired) electrons. The lowest BCUT2D eigenvalue weighted by molar-refractivity contribution is -0.144. The average Bonchev–Trinajstić information content (AvgIpc) is 2.81. The summed E-state index contributed by atoms with van der Waals surface area (Å²) in [6, 6.07) is -4.07. The number of aliphatic imine (C=N–C) groups is 1. The highest BCUT2D eigenvalue weighted by molar-refractivity contribution is 7.80. The van der Waals surface area contributed by atoms with Crippen molar-refractivity contribution in [3.05, 3.63) is 0 Å². The molecule has 0 aliphatic rings. The number of guanidine groups is 1. The van der Waals surface area contributed by atoms with E-state index in [9.17, 15) is 24.3 Å². The van der Waals surface area contributed by atoms with Gasteiger partial charge in [0.05, 0.1) is 6.04 Å². The number of hydrogen-bond donors (Lipinski definition) is 9. The summed E-state index contributed by atoms with van der Waals surface area (Å²) in [6.45, 7) is 4.15. The van der Waals surface area contributed by atoms with Crippen molar-refractivity contribution in [1.82, 2.24) is 16.0 Å². The summed E-state index contributed by atoms with van der Waals surface area (Å²) < 4.78 is 0. The Morgan fingerprint density at radius 1 is 0.943 bits per heavy atom. The molecule has 14 heteroatoms. The van der Waals surface area contributed by atoms with Crippen LogP contribution in [0.4, 0.5) is 0 Å². The number of aliphatic carboxylic acids is 1. The van der Waals surface area contributed by atoms with Crippen LogP contribution in [0.5, 0.6) is 0 Å². The van der Waals surface area contributed by atoms with Gasteiger partial charge in [0, 0.05) is 12.3 Å². The number of unbranched alkanes of at least 4 members (excludes halogenated alkanes) is 1. The zero-order valence-corrected chi connectivity index (χ0v) is 21.4. The van der Waals surface area contributed by atoms with Crippen LogP contribution in [-0.4, -0.2) is 77.8 Å². The molecule has 0 aromatic rings. The fourth-order valence-electron chi connectivity index (χ4n) is 3.10. The van der Waals surface area contributed by atoms with Gasteiger partial charge in [0.1, 0.15) is 18.1 Å². The van der Waals surface area contributed by atoms with Gasteiger partial charge in [-0.3, -0.25) is 19.4 Å². The molecule has 0 aromatic carbocycles. The van der Waals surface area contributed by atoms with Gasteiger partial charge < -0.3 is 44.0 Å². The van der Waals surface area contributed by atoms with Crippen molar-refractivity contribution in [2.45, 2.75) is 76.5 Å². The van der Waals surface area contributed by atoms with E-state index in [-0.39, 0.29) is 37.0 Å². The van der Waals surface area contributed by atoms with Gasteiger partial charge in [-0.05, 0) is 44.6 Å². The van der Waals surface area contributed by atoms with E-state index < -0.39 is 47.9 Å². The van der Waals surface area contributed by atoms with Gasteiger partial charge in [-0.2, -0.15) is 12.6 Å². The molecular weight excluding hydrogens is 476 g/mol. The van der Waals surface area contributed by atoms with E-state index >= 15 is 0 Å². The first-order valence-corrected chi connectivity index (χ1v) is 12.4. The minimum atomic E-state index is -1.18. The van der Waals surface area contributed by atoms with Gasteiger partial charge in [0.2, 0.25) is 17.7 Å². The quantitative estimate of drug-likeness (QED) is 0.0421. The predicted octanol–water partition coefficient (Wildman–Crippen LogP) is -1.99. The zero-order valence-electron chi connectivity index (χ0n) is 20.5. The van der Waals surface area contributed by atoms with Gasteiger partial charge in [-0.15, -0.1) is 0 Å². The maximum absolute atomic E-state index is 13.1. The molecule has 0 fully saturated rings. The Morgan fingerprint density at radius 2 is 1.49 bits per heavy atom. The molecule has 12 N–H and O–H groups in total. The minimum absolute atomic E-state index is 0.0883. The number of carboxylic acid groups (broad SMARTS) is 1. The van der Waals surface area contributed by atoms with E-state index in [1.54, 1.807) is 6.92 Å². The molecule has 0 bridgehead atoms. The summed E-state index contributed by atoms with van der Waals surface area (Å²) in [5.74, 6) is -3.34. The lowest BCUT2D eigenvalue weighted by atomic mass is 9.98. The first kappa shape index (κ1) is 32.4. The Balaban J connectivity index is 5.63. The Kier molecular flexibility index (Phi) is 16.5. The van der Waals surface area contributed by atoms with Crippen molar-refractivity contribution < 1.29 is 24.3 Å². The molecule has 5 unspecified atom stereocenters. The standard InChI is InChI=1S/C21H42N8O5S/c1-3-12(2)16(20(33)34)29-19(32)15(8-6-10-26-21(24)25)28-18(31)14(7-4-5-9-22)27-17(30)13(23)11-35/h12-16,35H,3-11,22-23H2,1-2H3,(H,27,30)(H,28,31)(H,29,32)(H,33,34)(H4,24,25,26). The highest BCUT2D eigenvalue weighted by Crippen LogP contribution is 2.10. The highest BCUT2D eigenvalue weighted by Gasteiger charge is 2.31. The molecule has 0 heterocycles. The Hall–Kier alpha value is -2.58. The van der Waals surface area contributed by atoms with Crippen LogP contribution in [-0.2, 0) is 19.2 Å². The lowest BCUT2D eigenvalue weighted by Crippen LogP contribution is -2.57. The first-order chi connectivity index (χ1) is 16.5. The smallest absolute Gasteiger partial charge is 0.326 e. The van der Waals surface area contributed by atoms with Gasteiger partial charge in [0.15, 0.2) is 5.96 Å². The third kappa shape index (κ3) is 13.2. The van der Waals surface area contributed by atoms with E-state index in [0.29, 0.717) is 32.2 Å². The molecule has 13 nitrogen and oxygen atoms in total. The van der Waals surface area contributed by atoms with Crippen LogP contribution in [0.2, 0.25) is 0 Å². The van der Waals surface area contributed by atoms with Gasteiger partial charge in [-0.25, -0.2) is 4.79 Å². The molecule has 0 rings (SSSR count). The lowest BCUT2D eigenvalue weighted by Gasteiger charge is -2.26. The molecule has 35 heavy (non-hydrogen) atoms. The molecule has 0 aliphatic carbocycles. The van der Waals surface area contributed by atoms with Crippen molar-refractivity contribution in [2.24, 2.45) is 33.8 Å². The second kappa shape index (κ2) is 17.8. The maximum atomic E-state index is 13.1. The largest absolute Gasteiger partial charge is 0.480 e. The van der Waals surface area contributed by atoms with Crippen LogP contribution in [0.15, 0.2) is 4.99 Å². The highest BCUT2D eigenvalue weighted by atomic mass is 32.1. The number of carbonyl (C=O) groups excluding carboxylic acids is 3. The summed E-state index contributed by atoms with van der Waals surface area (Å²) in [5.41, 5.74) is 21.9. The van der Waals surface area contributed by atoms with Crippen LogP contribution in [0.3, 0.4) is 0 Å². The number of nitrogens with one attached hydrogen (secondary N) is 3. The number of rotatable bonds is 18. The fraction of sp³-hybridized carbons (Fsp3) is 0.762. The third-order valence-electron chi connectivity index (χ3n) is 5.47. The van der Waals surface area contributed by atoms with Crippen molar-refractivity contribution >= 4 is 42.3 Å². The molecule has 0 aromatic heterocycles. The Labute approximate surface area is 212 Å². The number of hydrogen-bond acceptors (Lipinski definition) is 8. The fourth-order valence-corrected chi connectivity index (χ4v) is 3.27. The van der Waals surface area contributed by atoms with E-state index in [1.165, 1.54) is 0 Å². The van der Waals surface area contributed by atoms with Crippen LogP contribution in [0.1, 0.15) is 52.4 Å². The SMILES string of the molecule is CCC(C)C(NC(=O)C(CCCN=C(N)N)NC(=O)C(CCCCN)NC(=O)C(N)CS)C(=O)O. The summed E-state index contributed by atoms with van der Waals surface area (Å²) in [6.07, 6.45) is 2.48. The number of carbonyl (C=O) groups is 4. The van der Waals surface area contributed by atoms with E-state index in [4.69, 9.17) is 22.9 Å². The number of nitrogens with zero attached hydrogens (tertiary/aromatic N) is 1. The second-order valence-electron chi connectivity index (χ2n) is 8.35. The van der Waals surface area contributed by atoms with Crippen LogP contribution >= 0.6 is 12.6 Å². The van der Waals surface area contributed by atoms with Crippen LogP contribution in [0, 0.1) is 5.92 Å².